The molecule has 199 valence electrons. The SMILES string of the molecule is CCCCc1nc(C)n(CC2CCCCC2)c(=O)c1Cc1ccc(-c2ccccc2-c2noc(=O)[nH]2)cc1.[K]. The van der Waals surface area contributed by atoms with Crippen molar-refractivity contribution in [2.45, 2.75) is 78.2 Å². The maximum atomic E-state index is 13.8. The van der Waals surface area contributed by atoms with Gasteiger partial charge in [0.25, 0.3) is 5.56 Å². The summed E-state index contributed by atoms with van der Waals surface area (Å²) in [5.41, 5.74) is 5.70. The van der Waals surface area contributed by atoms with Gasteiger partial charge in [-0.15, -0.1) is 0 Å². The first-order valence-electron chi connectivity index (χ1n) is 13.9. The molecule has 0 atom stereocenters. The van der Waals surface area contributed by atoms with Gasteiger partial charge in [0.2, 0.25) is 0 Å². The molecule has 8 heteroatoms. The van der Waals surface area contributed by atoms with Crippen molar-refractivity contribution in [1.82, 2.24) is 19.7 Å². The molecule has 0 spiro atoms. The summed E-state index contributed by atoms with van der Waals surface area (Å²) in [6.07, 6.45) is 9.70. The van der Waals surface area contributed by atoms with Crippen LogP contribution in [-0.4, -0.2) is 71.1 Å². The number of nitrogens with zero attached hydrogens (tertiary/aromatic N) is 3. The Morgan fingerprint density at radius 1 is 1.00 bits per heavy atom. The molecule has 2 aromatic heterocycles. The molecule has 0 amide bonds. The van der Waals surface area contributed by atoms with E-state index in [-0.39, 0.29) is 56.9 Å². The van der Waals surface area contributed by atoms with E-state index >= 15 is 0 Å². The monoisotopic (exact) mass is 551 g/mol. The van der Waals surface area contributed by atoms with Crippen molar-refractivity contribution in [2.24, 2.45) is 5.92 Å². The minimum absolute atomic E-state index is 0. The Balaban J connectivity index is 0.00000353. The molecule has 0 bridgehead atoms. The van der Waals surface area contributed by atoms with Crippen molar-refractivity contribution in [3.63, 3.8) is 0 Å². The number of unbranched alkanes of at least 4 members (excludes halogenated alkanes) is 1. The molecular weight excluding hydrogens is 515 g/mol. The summed E-state index contributed by atoms with van der Waals surface area (Å²) in [5, 5.41) is 3.86. The van der Waals surface area contributed by atoms with Crippen molar-refractivity contribution in [3.8, 4) is 22.5 Å². The Bertz CT molecular complexity index is 1500. The largest absolute Gasteiger partial charge is 0.439 e. The molecule has 4 aromatic rings. The second kappa shape index (κ2) is 14.0. The molecule has 0 saturated heterocycles. The number of hydrogen-bond acceptors (Lipinski definition) is 5. The van der Waals surface area contributed by atoms with Crippen molar-refractivity contribution in [3.05, 3.63) is 92.1 Å². The van der Waals surface area contributed by atoms with Crippen LogP contribution in [0.1, 0.15) is 74.5 Å². The number of hydrogen-bond donors (Lipinski definition) is 1. The van der Waals surface area contributed by atoms with E-state index in [1.54, 1.807) is 0 Å². The Morgan fingerprint density at radius 3 is 2.38 bits per heavy atom. The first-order chi connectivity index (χ1) is 18.5. The predicted molar refractivity (Wildman–Crippen MR) is 155 cm³/mol. The van der Waals surface area contributed by atoms with Gasteiger partial charge in [-0.25, -0.2) is 9.78 Å². The number of H-pyrrole nitrogens is 1. The molecule has 1 aliphatic rings. The van der Waals surface area contributed by atoms with Crippen LogP contribution in [0.25, 0.3) is 22.5 Å². The van der Waals surface area contributed by atoms with Crippen LogP contribution in [0.15, 0.2) is 62.6 Å². The molecule has 5 rings (SSSR count). The average molecular weight is 552 g/mol. The standard InChI is InChI=1S/C31H36N4O3.K/c1-3-4-14-28-27(30(36)35(21(2)32-28)20-23-10-6-5-7-11-23)19-22-15-17-24(18-16-22)25-12-8-9-13-26(25)29-33-31(37)38-34-29;/h8-9,12-13,15-18,23H,3-7,10-11,14,19-20H2,1-2H3,(H,33,34,37);. The third kappa shape index (κ3) is 7.16. The van der Waals surface area contributed by atoms with Gasteiger partial charge in [-0.05, 0) is 55.2 Å². The maximum Gasteiger partial charge on any atom is 0.439 e. The third-order valence-electron chi connectivity index (χ3n) is 7.74. The van der Waals surface area contributed by atoms with Gasteiger partial charge in [0, 0.05) is 75.5 Å². The van der Waals surface area contributed by atoms with Crippen LogP contribution in [0.5, 0.6) is 0 Å². The second-order valence-corrected chi connectivity index (χ2v) is 10.5. The van der Waals surface area contributed by atoms with Gasteiger partial charge < -0.3 is 0 Å². The minimum atomic E-state index is -0.579. The summed E-state index contributed by atoms with van der Waals surface area (Å²) >= 11 is 0. The molecule has 7 nitrogen and oxygen atoms in total. The molecule has 0 aliphatic heterocycles. The topological polar surface area (TPSA) is 93.8 Å². The first kappa shape index (κ1) is 29.9. The van der Waals surface area contributed by atoms with E-state index in [9.17, 15) is 9.59 Å². The summed E-state index contributed by atoms with van der Waals surface area (Å²) in [6, 6.07) is 16.0. The summed E-state index contributed by atoms with van der Waals surface area (Å²) < 4.78 is 6.65. The second-order valence-electron chi connectivity index (χ2n) is 10.5. The molecular formula is C31H36KN4O3. The van der Waals surface area contributed by atoms with Gasteiger partial charge in [-0.3, -0.25) is 18.9 Å². The molecule has 1 saturated carbocycles. The Morgan fingerprint density at radius 2 is 1.72 bits per heavy atom. The van der Waals surface area contributed by atoms with E-state index in [0.29, 0.717) is 18.2 Å². The quantitative estimate of drug-likeness (QED) is 0.270. The van der Waals surface area contributed by atoms with E-state index in [4.69, 9.17) is 9.51 Å². The van der Waals surface area contributed by atoms with E-state index in [1.165, 1.54) is 32.1 Å². The van der Waals surface area contributed by atoms with Gasteiger partial charge in [-0.1, -0.05) is 86.3 Å². The molecule has 1 N–H and O–H groups in total. The van der Waals surface area contributed by atoms with Gasteiger partial charge in [0.05, 0.1) is 5.69 Å². The summed E-state index contributed by atoms with van der Waals surface area (Å²) in [7, 11) is 0. The number of nitrogens with one attached hydrogen (secondary N) is 1. The Kier molecular flexibility index (Phi) is 10.7. The van der Waals surface area contributed by atoms with Crippen molar-refractivity contribution >= 4 is 51.4 Å². The average Bonchev–Trinajstić information content (AvgIpc) is 3.38. The van der Waals surface area contributed by atoms with Crippen LogP contribution in [0.2, 0.25) is 0 Å². The van der Waals surface area contributed by atoms with Crippen LogP contribution >= 0.6 is 0 Å². The van der Waals surface area contributed by atoms with Gasteiger partial charge in [-0.2, -0.15) is 0 Å². The summed E-state index contributed by atoms with van der Waals surface area (Å²) in [6.45, 7) is 4.93. The van der Waals surface area contributed by atoms with E-state index in [0.717, 1.165) is 65.1 Å². The van der Waals surface area contributed by atoms with Crippen molar-refractivity contribution in [1.29, 1.82) is 0 Å². The number of rotatable bonds is 9. The van der Waals surface area contributed by atoms with Crippen molar-refractivity contribution in [2.75, 3.05) is 0 Å². The normalized spacial score (nSPS) is 13.8. The molecule has 39 heavy (non-hydrogen) atoms. The maximum absolute atomic E-state index is 13.8. The fraction of sp³-hybridized carbons (Fsp3) is 0.419. The van der Waals surface area contributed by atoms with Gasteiger partial charge in [0.15, 0.2) is 5.82 Å². The fourth-order valence-electron chi connectivity index (χ4n) is 5.62. The number of aromatic amines is 1. The number of aromatic nitrogens is 4. The molecule has 1 aliphatic carbocycles. The van der Waals surface area contributed by atoms with Crippen LogP contribution in [0.3, 0.4) is 0 Å². The zero-order chi connectivity index (χ0) is 26.5. The summed E-state index contributed by atoms with van der Waals surface area (Å²) in [4.78, 5) is 32.9. The number of benzene rings is 2. The molecule has 1 radical (unpaired) electrons. The van der Waals surface area contributed by atoms with E-state index in [2.05, 4.69) is 41.3 Å². The van der Waals surface area contributed by atoms with Crippen molar-refractivity contribution < 1.29 is 4.52 Å². The Hall–Kier alpha value is -2.10. The zero-order valence-electron chi connectivity index (χ0n) is 23.3. The number of aryl methyl sites for hydroxylation is 2. The summed E-state index contributed by atoms with van der Waals surface area (Å²) in [5.74, 6) is 1.23. The molecule has 2 heterocycles. The zero-order valence-corrected chi connectivity index (χ0v) is 26.5. The Labute approximate surface area is 271 Å². The van der Waals surface area contributed by atoms with E-state index < -0.39 is 5.76 Å². The molecule has 2 aromatic carbocycles. The fourth-order valence-corrected chi connectivity index (χ4v) is 5.62. The molecule has 1 fully saturated rings. The minimum Gasteiger partial charge on any atom is -0.296 e. The first-order valence-corrected chi connectivity index (χ1v) is 13.9. The predicted octanol–water partition coefficient (Wildman–Crippen LogP) is 5.69. The third-order valence-corrected chi connectivity index (χ3v) is 7.74. The molecule has 0 unspecified atom stereocenters. The van der Waals surface area contributed by atoms with Crippen LogP contribution < -0.4 is 11.3 Å². The van der Waals surface area contributed by atoms with Crippen LogP contribution in [-0.2, 0) is 19.4 Å². The van der Waals surface area contributed by atoms with Gasteiger partial charge >= 0.3 is 5.76 Å². The van der Waals surface area contributed by atoms with Gasteiger partial charge in [0.1, 0.15) is 5.82 Å². The van der Waals surface area contributed by atoms with Crippen LogP contribution in [0.4, 0.5) is 0 Å². The smallest absolute Gasteiger partial charge is 0.296 e. The van der Waals surface area contributed by atoms with E-state index in [1.807, 2.05) is 35.8 Å². The van der Waals surface area contributed by atoms with Crippen LogP contribution in [0, 0.1) is 12.8 Å².